The zero-order chi connectivity index (χ0) is 6.41. The number of carbonyl (C=O) groups excluding carboxylic acids is 1. The van der Waals surface area contributed by atoms with E-state index >= 15 is 0 Å². The second-order valence-corrected chi connectivity index (χ2v) is 1.36. The van der Waals surface area contributed by atoms with Gasteiger partial charge in [0.15, 0.2) is 0 Å². The molecular formula is C5H6NO2. The SMILES string of the molecule is N#CCC(O)C[C]=O. The summed E-state index contributed by atoms with van der Waals surface area (Å²) in [6, 6.07) is 1.72. The Balaban J connectivity index is 3.20. The summed E-state index contributed by atoms with van der Waals surface area (Å²) in [7, 11) is 0. The minimum absolute atomic E-state index is 0.00917. The van der Waals surface area contributed by atoms with Gasteiger partial charge < -0.3 is 5.11 Å². The van der Waals surface area contributed by atoms with Crippen LogP contribution in [0.3, 0.4) is 0 Å². The van der Waals surface area contributed by atoms with Crippen LogP contribution >= 0.6 is 0 Å². The van der Waals surface area contributed by atoms with Crippen molar-refractivity contribution in [3.8, 4) is 6.07 Å². The van der Waals surface area contributed by atoms with Gasteiger partial charge in [0.1, 0.15) is 0 Å². The van der Waals surface area contributed by atoms with Gasteiger partial charge in [0, 0.05) is 6.42 Å². The normalized spacial score (nSPS) is 12.0. The van der Waals surface area contributed by atoms with Crippen molar-refractivity contribution in [2.45, 2.75) is 18.9 Å². The molecule has 0 aromatic heterocycles. The van der Waals surface area contributed by atoms with E-state index in [2.05, 4.69) is 0 Å². The largest absolute Gasteiger partial charge is 0.392 e. The number of nitriles is 1. The lowest BCUT2D eigenvalue weighted by molar-refractivity contribution is 0.186. The fraction of sp³-hybridized carbons (Fsp3) is 0.600. The summed E-state index contributed by atoms with van der Waals surface area (Å²) in [5.74, 6) is 0. The Morgan fingerprint density at radius 2 is 2.25 bits per heavy atom. The van der Waals surface area contributed by atoms with Crippen molar-refractivity contribution in [1.29, 1.82) is 5.26 Å². The van der Waals surface area contributed by atoms with Crippen molar-refractivity contribution in [3.63, 3.8) is 0 Å². The van der Waals surface area contributed by atoms with Gasteiger partial charge in [0.25, 0.3) is 0 Å². The Morgan fingerprint density at radius 3 is 2.62 bits per heavy atom. The van der Waals surface area contributed by atoms with E-state index in [0.717, 1.165) is 0 Å². The summed E-state index contributed by atoms with van der Waals surface area (Å²) in [4.78, 5) is 9.50. The third kappa shape index (κ3) is 3.32. The second kappa shape index (κ2) is 4.28. The van der Waals surface area contributed by atoms with Crippen LogP contribution in [-0.2, 0) is 4.79 Å². The maximum absolute atomic E-state index is 9.50. The molecule has 0 aliphatic heterocycles. The number of aliphatic hydroxyl groups excluding tert-OH is 1. The lowest BCUT2D eigenvalue weighted by Gasteiger charge is -1.95. The van der Waals surface area contributed by atoms with E-state index in [1.807, 2.05) is 0 Å². The summed E-state index contributed by atoms with van der Waals surface area (Å²) < 4.78 is 0. The molecule has 0 fully saturated rings. The molecule has 1 atom stereocenters. The van der Waals surface area contributed by atoms with Crippen LogP contribution in [0.4, 0.5) is 0 Å². The predicted molar refractivity (Wildman–Crippen MR) is 26.5 cm³/mol. The lowest BCUT2D eigenvalue weighted by atomic mass is 10.2. The molecule has 3 heteroatoms. The molecule has 0 saturated carbocycles. The van der Waals surface area contributed by atoms with Gasteiger partial charge in [0.05, 0.1) is 18.6 Å². The van der Waals surface area contributed by atoms with Crippen LogP contribution in [0.15, 0.2) is 0 Å². The highest BCUT2D eigenvalue weighted by Crippen LogP contribution is 1.91. The smallest absolute Gasteiger partial charge is 0.201 e. The van der Waals surface area contributed by atoms with E-state index in [9.17, 15) is 4.79 Å². The van der Waals surface area contributed by atoms with Crippen LogP contribution in [0.5, 0.6) is 0 Å². The van der Waals surface area contributed by atoms with Crippen LogP contribution in [0.25, 0.3) is 0 Å². The molecule has 0 heterocycles. The highest BCUT2D eigenvalue weighted by atomic mass is 16.3. The summed E-state index contributed by atoms with van der Waals surface area (Å²) >= 11 is 0. The molecule has 0 aliphatic carbocycles. The molecule has 0 amide bonds. The molecule has 8 heavy (non-hydrogen) atoms. The van der Waals surface area contributed by atoms with Crippen molar-refractivity contribution in [1.82, 2.24) is 0 Å². The summed E-state index contributed by atoms with van der Waals surface area (Å²) in [5.41, 5.74) is 0. The average Bonchev–Trinajstić information content (AvgIpc) is 1.68. The van der Waals surface area contributed by atoms with Gasteiger partial charge in [0.2, 0.25) is 6.29 Å². The first-order valence-electron chi connectivity index (χ1n) is 2.21. The number of rotatable bonds is 3. The summed E-state index contributed by atoms with van der Waals surface area (Å²) in [6.07, 6.45) is 0.627. The Kier molecular flexibility index (Phi) is 3.81. The zero-order valence-electron chi connectivity index (χ0n) is 4.29. The number of hydrogen-bond acceptors (Lipinski definition) is 3. The molecule has 0 aromatic rings. The molecule has 0 bridgehead atoms. The number of hydrogen-bond donors (Lipinski definition) is 1. The van der Waals surface area contributed by atoms with Gasteiger partial charge in [-0.15, -0.1) is 0 Å². The highest BCUT2D eigenvalue weighted by molar-refractivity contribution is 5.51. The van der Waals surface area contributed by atoms with Gasteiger partial charge in [-0.25, -0.2) is 0 Å². The molecule has 0 aliphatic rings. The van der Waals surface area contributed by atoms with Crippen LogP contribution in [0.1, 0.15) is 12.8 Å². The van der Waals surface area contributed by atoms with E-state index in [4.69, 9.17) is 10.4 Å². The molecule has 1 radical (unpaired) electrons. The van der Waals surface area contributed by atoms with Gasteiger partial charge in [-0.3, -0.25) is 4.79 Å². The van der Waals surface area contributed by atoms with E-state index in [1.54, 1.807) is 6.07 Å². The molecule has 0 aromatic carbocycles. The summed E-state index contributed by atoms with van der Waals surface area (Å²) in [5, 5.41) is 16.5. The molecule has 0 spiro atoms. The Hall–Kier alpha value is -0.880. The average molecular weight is 112 g/mol. The molecule has 43 valence electrons. The topological polar surface area (TPSA) is 61.1 Å². The molecule has 0 saturated heterocycles. The molecule has 3 nitrogen and oxygen atoms in total. The van der Waals surface area contributed by atoms with Gasteiger partial charge in [-0.2, -0.15) is 5.26 Å². The van der Waals surface area contributed by atoms with Crippen molar-refractivity contribution < 1.29 is 9.90 Å². The van der Waals surface area contributed by atoms with Gasteiger partial charge in [-0.05, 0) is 0 Å². The van der Waals surface area contributed by atoms with Crippen molar-refractivity contribution in [2.75, 3.05) is 0 Å². The standard InChI is InChI=1S/C5H6NO2/c6-3-1-5(8)2-4-7/h5,8H,1-2H2. The minimum atomic E-state index is -0.822. The first-order chi connectivity index (χ1) is 3.81. The lowest BCUT2D eigenvalue weighted by Crippen LogP contribution is -2.04. The van der Waals surface area contributed by atoms with Gasteiger partial charge >= 0.3 is 0 Å². The third-order valence-corrected chi connectivity index (χ3v) is 0.646. The van der Waals surface area contributed by atoms with E-state index in [0.29, 0.717) is 0 Å². The molecule has 1 N–H and O–H groups in total. The number of nitrogens with zero attached hydrogens (tertiary/aromatic N) is 1. The maximum atomic E-state index is 9.50. The number of aliphatic hydroxyl groups is 1. The summed E-state index contributed by atoms with van der Waals surface area (Å²) in [6.45, 7) is 0. The Bertz CT molecular complexity index is 105. The maximum Gasteiger partial charge on any atom is 0.201 e. The van der Waals surface area contributed by atoms with Crippen molar-refractivity contribution >= 4 is 6.29 Å². The van der Waals surface area contributed by atoms with Crippen LogP contribution in [-0.4, -0.2) is 17.5 Å². The predicted octanol–water partition coefficient (Wildman–Crippen LogP) is -0.239. The first-order valence-corrected chi connectivity index (χ1v) is 2.21. The van der Waals surface area contributed by atoms with Gasteiger partial charge in [-0.1, -0.05) is 0 Å². The van der Waals surface area contributed by atoms with Crippen molar-refractivity contribution in [2.24, 2.45) is 0 Å². The van der Waals surface area contributed by atoms with E-state index in [-0.39, 0.29) is 12.8 Å². The minimum Gasteiger partial charge on any atom is -0.392 e. The monoisotopic (exact) mass is 112 g/mol. The highest BCUT2D eigenvalue weighted by Gasteiger charge is 1.99. The van der Waals surface area contributed by atoms with Crippen molar-refractivity contribution in [3.05, 3.63) is 0 Å². The molecule has 1 unspecified atom stereocenters. The fourth-order valence-electron chi connectivity index (χ4n) is 0.274. The van der Waals surface area contributed by atoms with Crippen LogP contribution in [0.2, 0.25) is 0 Å². The molecule has 0 rings (SSSR count). The Morgan fingerprint density at radius 1 is 1.62 bits per heavy atom. The fourth-order valence-corrected chi connectivity index (χ4v) is 0.274. The quantitative estimate of drug-likeness (QED) is 0.548. The first kappa shape index (κ1) is 7.12. The van der Waals surface area contributed by atoms with Crippen LogP contribution < -0.4 is 0 Å². The van der Waals surface area contributed by atoms with E-state index < -0.39 is 6.10 Å². The second-order valence-electron chi connectivity index (χ2n) is 1.36. The third-order valence-electron chi connectivity index (χ3n) is 0.646. The van der Waals surface area contributed by atoms with Crippen LogP contribution in [0, 0.1) is 11.3 Å². The Labute approximate surface area is 47.5 Å². The van der Waals surface area contributed by atoms with E-state index in [1.165, 1.54) is 6.29 Å². The molecular weight excluding hydrogens is 106 g/mol. The zero-order valence-corrected chi connectivity index (χ0v) is 4.29.